The van der Waals surface area contributed by atoms with Crippen LogP contribution in [0.5, 0.6) is 0 Å². The molecule has 1 aliphatic carbocycles. The van der Waals surface area contributed by atoms with Crippen molar-refractivity contribution < 1.29 is 5.11 Å². The molecule has 2 heterocycles. The van der Waals surface area contributed by atoms with E-state index in [-0.39, 0.29) is 0 Å². The van der Waals surface area contributed by atoms with Gasteiger partial charge in [-0.15, -0.1) is 10.2 Å². The summed E-state index contributed by atoms with van der Waals surface area (Å²) in [6.07, 6.45) is 7.88. The van der Waals surface area contributed by atoms with Crippen molar-refractivity contribution in [3.8, 4) is 0 Å². The van der Waals surface area contributed by atoms with Crippen LogP contribution in [0.4, 0.5) is 5.95 Å². The van der Waals surface area contributed by atoms with Gasteiger partial charge in [-0.05, 0) is 44.9 Å². The molecular formula is C16H28N4OS. The number of hydrogen-bond donors (Lipinski definition) is 1. The van der Waals surface area contributed by atoms with Crippen LogP contribution < -0.4 is 4.90 Å². The van der Waals surface area contributed by atoms with Gasteiger partial charge in [-0.2, -0.15) is 0 Å². The van der Waals surface area contributed by atoms with Crippen molar-refractivity contribution in [3.05, 3.63) is 0 Å². The lowest BCUT2D eigenvalue weighted by Crippen LogP contribution is -2.32. The van der Waals surface area contributed by atoms with Crippen LogP contribution in [0.15, 0.2) is 5.16 Å². The second-order valence-electron chi connectivity index (χ2n) is 6.65. The van der Waals surface area contributed by atoms with Gasteiger partial charge in [0.1, 0.15) is 0 Å². The molecule has 0 spiro atoms. The van der Waals surface area contributed by atoms with Crippen molar-refractivity contribution in [3.63, 3.8) is 0 Å². The van der Waals surface area contributed by atoms with Crippen LogP contribution in [0.2, 0.25) is 0 Å². The first-order valence-corrected chi connectivity index (χ1v) is 9.70. The minimum Gasteiger partial charge on any atom is -0.389 e. The number of nitrogens with zero attached hydrogens (tertiary/aromatic N) is 4. The lowest BCUT2D eigenvalue weighted by Gasteiger charge is -2.28. The molecule has 0 unspecified atom stereocenters. The fraction of sp³-hybridized carbons (Fsp3) is 0.875. The number of anilines is 1. The smallest absolute Gasteiger partial charge is 0.228 e. The van der Waals surface area contributed by atoms with E-state index in [0.29, 0.717) is 11.8 Å². The van der Waals surface area contributed by atoms with Crippen LogP contribution in [0, 0.1) is 0 Å². The topological polar surface area (TPSA) is 54.2 Å². The highest BCUT2D eigenvalue weighted by Crippen LogP contribution is 2.41. The number of thioether (sulfide) groups is 1. The number of aliphatic hydroxyl groups is 1. The Morgan fingerprint density at radius 3 is 2.41 bits per heavy atom. The molecule has 1 aliphatic heterocycles. The summed E-state index contributed by atoms with van der Waals surface area (Å²) >= 11 is 1.67. The average Bonchev–Trinajstić information content (AvgIpc) is 3.32. The van der Waals surface area contributed by atoms with E-state index in [0.717, 1.165) is 37.0 Å². The second kappa shape index (κ2) is 6.79. The molecule has 0 atom stereocenters. The SMILES string of the molecule is CCC(O)(CC)CSc1nnc(N2CCCCC2)n1C1CC1. The summed E-state index contributed by atoms with van der Waals surface area (Å²) < 4.78 is 2.34. The van der Waals surface area contributed by atoms with Crippen LogP contribution in [0.25, 0.3) is 0 Å². The third-order valence-electron chi connectivity index (χ3n) is 4.98. The standard InChI is InChI=1S/C16H28N4OS/c1-3-16(21,4-2)12-22-15-18-17-14(20(15)13-8-9-13)19-10-6-5-7-11-19/h13,21H,3-12H2,1-2H3. The molecule has 22 heavy (non-hydrogen) atoms. The number of piperidine rings is 1. The van der Waals surface area contributed by atoms with E-state index in [1.807, 2.05) is 0 Å². The fourth-order valence-corrected chi connectivity index (χ4v) is 4.26. The average molecular weight is 324 g/mol. The minimum atomic E-state index is -0.587. The molecule has 0 aromatic carbocycles. The lowest BCUT2D eigenvalue weighted by atomic mass is 10.0. The molecule has 1 saturated carbocycles. The molecule has 1 aromatic heterocycles. The first-order chi connectivity index (χ1) is 10.7. The minimum absolute atomic E-state index is 0.575. The van der Waals surface area contributed by atoms with Gasteiger partial charge in [-0.3, -0.25) is 4.57 Å². The van der Waals surface area contributed by atoms with Gasteiger partial charge in [-0.1, -0.05) is 25.6 Å². The van der Waals surface area contributed by atoms with Gasteiger partial charge in [0.25, 0.3) is 0 Å². The quantitative estimate of drug-likeness (QED) is 0.780. The van der Waals surface area contributed by atoms with E-state index >= 15 is 0 Å². The largest absolute Gasteiger partial charge is 0.389 e. The predicted molar refractivity (Wildman–Crippen MR) is 90.6 cm³/mol. The summed E-state index contributed by atoms with van der Waals surface area (Å²) in [6, 6.07) is 0.575. The van der Waals surface area contributed by atoms with Crippen LogP contribution in [-0.4, -0.2) is 44.3 Å². The molecule has 5 nitrogen and oxygen atoms in total. The summed E-state index contributed by atoms with van der Waals surface area (Å²) in [4.78, 5) is 2.39. The van der Waals surface area contributed by atoms with Gasteiger partial charge >= 0.3 is 0 Å². The Morgan fingerprint density at radius 1 is 1.14 bits per heavy atom. The fourth-order valence-electron chi connectivity index (χ4n) is 2.98. The number of rotatable bonds is 7. The van der Waals surface area contributed by atoms with Crippen molar-refractivity contribution in [2.45, 2.75) is 75.6 Å². The molecule has 1 N–H and O–H groups in total. The van der Waals surface area contributed by atoms with E-state index in [1.165, 1.54) is 32.1 Å². The predicted octanol–water partition coefficient (Wildman–Crippen LogP) is 3.25. The molecule has 6 heteroatoms. The van der Waals surface area contributed by atoms with Gasteiger partial charge in [-0.25, -0.2) is 0 Å². The van der Waals surface area contributed by atoms with E-state index in [4.69, 9.17) is 0 Å². The van der Waals surface area contributed by atoms with Gasteiger partial charge in [0, 0.05) is 24.9 Å². The Balaban J connectivity index is 1.75. The molecule has 0 bridgehead atoms. The van der Waals surface area contributed by atoms with Crippen LogP contribution in [0.3, 0.4) is 0 Å². The van der Waals surface area contributed by atoms with Crippen molar-refractivity contribution >= 4 is 17.7 Å². The van der Waals surface area contributed by atoms with E-state index in [9.17, 15) is 5.11 Å². The van der Waals surface area contributed by atoms with E-state index in [1.54, 1.807) is 11.8 Å². The Hall–Kier alpha value is -0.750. The van der Waals surface area contributed by atoms with Crippen molar-refractivity contribution in [1.29, 1.82) is 0 Å². The zero-order valence-electron chi connectivity index (χ0n) is 13.8. The van der Waals surface area contributed by atoms with Gasteiger partial charge in [0.05, 0.1) is 5.60 Å². The van der Waals surface area contributed by atoms with Gasteiger partial charge in [0.15, 0.2) is 5.16 Å². The summed E-state index contributed by atoms with van der Waals surface area (Å²) in [7, 11) is 0. The van der Waals surface area contributed by atoms with E-state index < -0.39 is 5.60 Å². The maximum absolute atomic E-state index is 10.5. The van der Waals surface area contributed by atoms with Crippen molar-refractivity contribution in [2.24, 2.45) is 0 Å². The first-order valence-electron chi connectivity index (χ1n) is 8.72. The Kier molecular flexibility index (Phi) is 4.97. The third-order valence-corrected chi connectivity index (χ3v) is 6.20. The highest BCUT2D eigenvalue weighted by atomic mass is 32.2. The summed E-state index contributed by atoms with van der Waals surface area (Å²) in [5.41, 5.74) is -0.587. The van der Waals surface area contributed by atoms with Crippen LogP contribution in [0.1, 0.15) is 64.8 Å². The highest BCUT2D eigenvalue weighted by Gasteiger charge is 2.33. The molecule has 1 saturated heterocycles. The summed E-state index contributed by atoms with van der Waals surface area (Å²) in [5.74, 6) is 1.76. The normalized spacial score (nSPS) is 19.7. The molecular weight excluding hydrogens is 296 g/mol. The maximum atomic E-state index is 10.5. The van der Waals surface area contributed by atoms with Gasteiger partial charge in [0.2, 0.25) is 5.95 Å². The molecule has 1 aromatic rings. The van der Waals surface area contributed by atoms with Crippen LogP contribution >= 0.6 is 11.8 Å². The zero-order valence-corrected chi connectivity index (χ0v) is 14.6. The van der Waals surface area contributed by atoms with Crippen molar-refractivity contribution in [1.82, 2.24) is 14.8 Å². The zero-order chi connectivity index (χ0) is 15.6. The molecule has 2 fully saturated rings. The molecule has 0 amide bonds. The Bertz CT molecular complexity index is 490. The molecule has 0 radical (unpaired) electrons. The van der Waals surface area contributed by atoms with Gasteiger partial charge < -0.3 is 10.0 Å². The molecule has 124 valence electrons. The highest BCUT2D eigenvalue weighted by molar-refractivity contribution is 7.99. The second-order valence-corrected chi connectivity index (χ2v) is 7.59. The monoisotopic (exact) mass is 324 g/mol. The summed E-state index contributed by atoms with van der Waals surface area (Å²) in [5, 5.41) is 20.4. The number of aromatic nitrogens is 3. The molecule has 3 rings (SSSR count). The maximum Gasteiger partial charge on any atom is 0.228 e. The Labute approximate surface area is 137 Å². The summed E-state index contributed by atoms with van der Waals surface area (Å²) in [6.45, 7) is 6.30. The molecule has 2 aliphatic rings. The van der Waals surface area contributed by atoms with E-state index in [2.05, 4.69) is 33.5 Å². The third kappa shape index (κ3) is 3.43. The van der Waals surface area contributed by atoms with Crippen molar-refractivity contribution in [2.75, 3.05) is 23.7 Å². The Morgan fingerprint density at radius 2 is 1.82 bits per heavy atom. The first kappa shape index (κ1) is 16.1. The number of hydrogen-bond acceptors (Lipinski definition) is 5. The van der Waals surface area contributed by atoms with Crippen LogP contribution in [-0.2, 0) is 0 Å². The lowest BCUT2D eigenvalue weighted by molar-refractivity contribution is 0.0571.